The fourth-order valence-corrected chi connectivity index (χ4v) is 7.34. The maximum absolute atomic E-state index is 14.1. The number of benzene rings is 5. The van der Waals surface area contributed by atoms with Crippen LogP contribution < -0.4 is 9.47 Å². The van der Waals surface area contributed by atoms with Gasteiger partial charge in [0.2, 0.25) is 0 Å². The van der Waals surface area contributed by atoms with Crippen molar-refractivity contribution >= 4 is 11.9 Å². The minimum atomic E-state index is -0.681. The lowest BCUT2D eigenvalue weighted by Crippen LogP contribution is -2.42. The highest BCUT2D eigenvalue weighted by Crippen LogP contribution is 2.60. The number of fused-ring (bicyclic) bond motifs is 3. The number of carbonyl (C=O) groups is 1. The van der Waals surface area contributed by atoms with Gasteiger partial charge in [-0.05, 0) is 96.1 Å². The van der Waals surface area contributed by atoms with Crippen LogP contribution in [0.25, 0.3) is 6.08 Å². The fraction of sp³-hybridized carbons (Fsp3) is 0.214. The van der Waals surface area contributed by atoms with E-state index in [2.05, 4.69) is 0 Å². The van der Waals surface area contributed by atoms with Crippen LogP contribution in [0.2, 0.25) is 0 Å². The van der Waals surface area contributed by atoms with E-state index in [9.17, 15) is 30.3 Å². The molecule has 7 rings (SSSR count). The van der Waals surface area contributed by atoms with Gasteiger partial charge in [-0.1, -0.05) is 54.6 Å². The zero-order valence-electron chi connectivity index (χ0n) is 27.8. The van der Waals surface area contributed by atoms with Crippen LogP contribution >= 0.6 is 0 Å². The highest BCUT2D eigenvalue weighted by atomic mass is 16.5. The van der Waals surface area contributed by atoms with Gasteiger partial charge in [0.15, 0.2) is 5.78 Å². The topological polar surface area (TPSA) is 146 Å². The molecule has 0 radical (unpaired) electrons. The first-order chi connectivity index (χ1) is 24.7. The van der Waals surface area contributed by atoms with Gasteiger partial charge in [0.05, 0.1) is 19.3 Å². The van der Waals surface area contributed by atoms with Crippen molar-refractivity contribution in [3.8, 4) is 40.2 Å². The van der Waals surface area contributed by atoms with Gasteiger partial charge in [0.1, 0.15) is 51.9 Å². The van der Waals surface area contributed by atoms with Crippen molar-refractivity contribution < 1.29 is 44.5 Å². The summed E-state index contributed by atoms with van der Waals surface area (Å²) in [5.41, 5.74) is 3.94. The maximum Gasteiger partial charge on any atom is 0.193 e. The van der Waals surface area contributed by atoms with E-state index in [1.807, 2.05) is 24.3 Å². The minimum absolute atomic E-state index is 0.0660. The number of carbonyl (C=O) groups excluding carboxylic acids is 1. The molecule has 0 saturated carbocycles. The van der Waals surface area contributed by atoms with E-state index in [0.717, 1.165) is 16.7 Å². The van der Waals surface area contributed by atoms with Crippen LogP contribution in [0.4, 0.5) is 0 Å². The zero-order valence-corrected chi connectivity index (χ0v) is 27.8. The summed E-state index contributed by atoms with van der Waals surface area (Å²) in [5.74, 6) is -0.344. The van der Waals surface area contributed by atoms with E-state index in [1.54, 1.807) is 66.7 Å². The SMILES string of the molecule is COc1cc(O)c2c(c1C(=O)/C=C/c1ccc(O)cc1)O[C@H](c1ccc(O)cc1)[C@@H]1[C@@H](c3ccc(O)cc3)O[C@@H](CCc3ccc(O)cc3)C[C@@H]21. The van der Waals surface area contributed by atoms with Crippen LogP contribution in [0, 0.1) is 5.92 Å². The lowest BCUT2D eigenvalue weighted by molar-refractivity contribution is -0.134. The predicted octanol–water partition coefficient (Wildman–Crippen LogP) is 8.12. The van der Waals surface area contributed by atoms with Crippen molar-refractivity contribution in [2.45, 2.75) is 43.5 Å². The molecule has 0 aliphatic carbocycles. The Morgan fingerprint density at radius 3 is 1.90 bits per heavy atom. The first-order valence-corrected chi connectivity index (χ1v) is 16.8. The molecule has 2 aliphatic rings. The van der Waals surface area contributed by atoms with E-state index in [4.69, 9.17) is 14.2 Å². The third-order valence-corrected chi connectivity index (χ3v) is 9.82. The van der Waals surface area contributed by atoms with Gasteiger partial charge >= 0.3 is 0 Å². The van der Waals surface area contributed by atoms with Crippen molar-refractivity contribution in [1.82, 2.24) is 0 Å². The summed E-state index contributed by atoms with van der Waals surface area (Å²) in [7, 11) is 1.43. The van der Waals surface area contributed by atoms with E-state index < -0.39 is 23.9 Å². The Labute approximate surface area is 295 Å². The van der Waals surface area contributed by atoms with E-state index in [0.29, 0.717) is 30.4 Å². The standard InChI is InChI=1S/C42H38O9/c1-49-36-23-35(48)37-33-22-32(20-6-24-2-12-28(43)13-3-24)50-40(26-8-16-30(45)17-9-26)38(33)41(27-10-18-31(46)19-11-27)51-42(37)39(36)34(47)21-7-25-4-14-29(44)15-5-25/h2-5,7-19,21,23,32-33,38,40-41,43-46,48H,6,20,22H2,1H3/b21-7+/t32-,33-,38-,40+,41+/m0/s1. The van der Waals surface area contributed by atoms with Crippen LogP contribution in [-0.4, -0.2) is 44.5 Å². The second-order valence-electron chi connectivity index (χ2n) is 13.0. The predicted molar refractivity (Wildman–Crippen MR) is 191 cm³/mol. The van der Waals surface area contributed by atoms with Crippen LogP contribution in [-0.2, 0) is 11.2 Å². The Kier molecular flexibility index (Phi) is 9.30. The number of aryl methyl sites for hydroxylation is 1. The monoisotopic (exact) mass is 686 g/mol. The molecule has 0 amide bonds. The van der Waals surface area contributed by atoms with Gasteiger partial charge in [-0.2, -0.15) is 0 Å². The molecule has 0 bridgehead atoms. The molecule has 5 aromatic carbocycles. The number of allylic oxidation sites excluding steroid dienone is 1. The molecular formula is C42H38O9. The zero-order chi connectivity index (χ0) is 35.6. The van der Waals surface area contributed by atoms with Crippen molar-refractivity contribution in [2.75, 3.05) is 7.11 Å². The van der Waals surface area contributed by atoms with Crippen LogP contribution in [0.1, 0.15) is 69.1 Å². The molecule has 0 spiro atoms. The summed E-state index contributed by atoms with van der Waals surface area (Å²) < 4.78 is 19.4. The van der Waals surface area contributed by atoms with Crippen LogP contribution in [0.3, 0.4) is 0 Å². The molecule has 5 N–H and O–H groups in total. The second-order valence-corrected chi connectivity index (χ2v) is 13.0. The van der Waals surface area contributed by atoms with Crippen LogP contribution in [0.5, 0.6) is 40.2 Å². The Bertz CT molecular complexity index is 2040. The molecule has 260 valence electrons. The molecular weight excluding hydrogens is 648 g/mol. The average Bonchev–Trinajstić information content (AvgIpc) is 3.14. The molecule has 51 heavy (non-hydrogen) atoms. The molecule has 1 saturated heterocycles. The molecule has 2 heterocycles. The summed E-state index contributed by atoms with van der Waals surface area (Å²) >= 11 is 0. The van der Waals surface area contributed by atoms with Gasteiger partial charge in [-0.25, -0.2) is 0 Å². The molecule has 5 aromatic rings. The highest BCUT2D eigenvalue weighted by Gasteiger charge is 2.51. The Hall–Kier alpha value is -5.93. The molecule has 0 aromatic heterocycles. The third-order valence-electron chi connectivity index (χ3n) is 9.82. The minimum Gasteiger partial charge on any atom is -0.508 e. The fourth-order valence-electron chi connectivity index (χ4n) is 7.34. The Morgan fingerprint density at radius 1 is 0.765 bits per heavy atom. The number of rotatable bonds is 9. The molecule has 5 atom stereocenters. The van der Waals surface area contributed by atoms with Gasteiger partial charge < -0.3 is 39.7 Å². The maximum atomic E-state index is 14.1. The normalized spacial score (nSPS) is 21.0. The number of hydrogen-bond donors (Lipinski definition) is 5. The van der Waals surface area contributed by atoms with Crippen molar-refractivity contribution in [1.29, 1.82) is 0 Å². The van der Waals surface area contributed by atoms with Crippen molar-refractivity contribution in [3.05, 3.63) is 143 Å². The highest BCUT2D eigenvalue weighted by molar-refractivity contribution is 6.11. The van der Waals surface area contributed by atoms with E-state index in [1.165, 1.54) is 31.4 Å². The Balaban J connectivity index is 1.36. The first kappa shape index (κ1) is 33.6. The molecule has 0 unspecified atom stereocenters. The lowest BCUT2D eigenvalue weighted by atomic mass is 9.68. The second kappa shape index (κ2) is 14.1. The lowest BCUT2D eigenvalue weighted by Gasteiger charge is -2.49. The van der Waals surface area contributed by atoms with Crippen LogP contribution in [0.15, 0.2) is 109 Å². The smallest absolute Gasteiger partial charge is 0.193 e. The number of ether oxygens (including phenoxy) is 3. The molecule has 9 heteroatoms. The van der Waals surface area contributed by atoms with Crippen molar-refractivity contribution in [2.24, 2.45) is 5.92 Å². The van der Waals surface area contributed by atoms with Gasteiger partial charge in [0.25, 0.3) is 0 Å². The van der Waals surface area contributed by atoms with Gasteiger partial charge in [0, 0.05) is 23.5 Å². The average molecular weight is 687 g/mol. The molecule has 1 fully saturated rings. The number of aromatic hydroxyl groups is 5. The summed E-state index contributed by atoms with van der Waals surface area (Å²) in [6, 6.07) is 28.6. The van der Waals surface area contributed by atoms with E-state index >= 15 is 0 Å². The number of hydrogen-bond acceptors (Lipinski definition) is 9. The number of ketones is 1. The van der Waals surface area contributed by atoms with Gasteiger partial charge in [-0.15, -0.1) is 0 Å². The largest absolute Gasteiger partial charge is 0.508 e. The number of methoxy groups -OCH3 is 1. The summed E-state index contributed by atoms with van der Waals surface area (Å²) in [6.07, 6.45) is 3.36. The summed E-state index contributed by atoms with van der Waals surface area (Å²) in [5, 5.41) is 51.5. The quantitative estimate of drug-likeness (QED) is 0.0767. The van der Waals surface area contributed by atoms with E-state index in [-0.39, 0.29) is 57.8 Å². The third kappa shape index (κ3) is 6.93. The molecule has 2 aliphatic heterocycles. The van der Waals surface area contributed by atoms with Crippen molar-refractivity contribution in [3.63, 3.8) is 0 Å². The first-order valence-electron chi connectivity index (χ1n) is 16.8. The summed E-state index contributed by atoms with van der Waals surface area (Å²) in [4.78, 5) is 14.1. The number of phenols is 5. The van der Waals surface area contributed by atoms with Gasteiger partial charge in [-0.3, -0.25) is 4.79 Å². The Morgan fingerprint density at radius 2 is 1.31 bits per heavy atom. The molecule has 9 nitrogen and oxygen atoms in total. The summed E-state index contributed by atoms with van der Waals surface area (Å²) in [6.45, 7) is 0. The number of phenolic OH excluding ortho intramolecular Hbond substituents is 5.